The van der Waals surface area contributed by atoms with Crippen LogP contribution in [-0.2, 0) is 9.53 Å². The number of aliphatic carboxylic acids is 1. The van der Waals surface area contributed by atoms with E-state index in [2.05, 4.69) is 29.6 Å². The van der Waals surface area contributed by atoms with E-state index in [1.54, 1.807) is 0 Å². The molecule has 0 aromatic heterocycles. The third kappa shape index (κ3) is 4.50. The maximum atomic E-state index is 12.4. The van der Waals surface area contributed by atoms with E-state index in [-0.39, 0.29) is 12.5 Å². The lowest BCUT2D eigenvalue weighted by molar-refractivity contribution is -0.139. The van der Waals surface area contributed by atoms with E-state index in [0.29, 0.717) is 12.3 Å². The minimum atomic E-state index is -1.00. The highest BCUT2D eigenvalue weighted by Gasteiger charge is 2.30. The molecule has 158 valence electrons. The number of amides is 1. The van der Waals surface area contributed by atoms with Gasteiger partial charge in [-0.15, -0.1) is 0 Å². The Balaban J connectivity index is 1.35. The zero-order valence-electron chi connectivity index (χ0n) is 17.2. The minimum absolute atomic E-state index is 0.0336. The third-order valence-electron chi connectivity index (χ3n) is 6.52. The number of ether oxygens (including phenoxy) is 1. The van der Waals surface area contributed by atoms with E-state index < -0.39 is 18.1 Å². The topological polar surface area (TPSA) is 75.6 Å². The number of fused-ring (bicyclic) bond motifs is 3. The zero-order valence-corrected chi connectivity index (χ0v) is 17.2. The van der Waals surface area contributed by atoms with Crippen molar-refractivity contribution >= 4 is 12.1 Å². The van der Waals surface area contributed by atoms with Gasteiger partial charge in [0, 0.05) is 5.92 Å². The van der Waals surface area contributed by atoms with Crippen LogP contribution in [-0.4, -0.2) is 29.8 Å². The molecule has 0 bridgehead atoms. The fourth-order valence-electron chi connectivity index (χ4n) is 4.92. The number of carboxylic acids is 1. The molecule has 2 N–H and O–H groups in total. The minimum Gasteiger partial charge on any atom is -0.480 e. The molecule has 1 atom stereocenters. The SMILES string of the molecule is O=C(NC(CCC1CCCCC1)C(=O)O)OCC1c2ccccc2-c2ccccc21. The molecule has 1 fully saturated rings. The largest absolute Gasteiger partial charge is 0.480 e. The van der Waals surface area contributed by atoms with Crippen LogP contribution in [0.25, 0.3) is 11.1 Å². The number of carboxylic acid groups (broad SMARTS) is 1. The van der Waals surface area contributed by atoms with Crippen molar-refractivity contribution in [1.82, 2.24) is 5.32 Å². The highest BCUT2D eigenvalue weighted by molar-refractivity contribution is 5.81. The van der Waals surface area contributed by atoms with Crippen LogP contribution in [0.4, 0.5) is 4.79 Å². The van der Waals surface area contributed by atoms with Crippen molar-refractivity contribution in [1.29, 1.82) is 0 Å². The predicted octanol–water partition coefficient (Wildman–Crippen LogP) is 5.34. The highest BCUT2D eigenvalue weighted by atomic mass is 16.5. The molecule has 1 unspecified atom stereocenters. The Labute approximate surface area is 177 Å². The summed E-state index contributed by atoms with van der Waals surface area (Å²) < 4.78 is 5.50. The van der Waals surface area contributed by atoms with Gasteiger partial charge in [-0.3, -0.25) is 0 Å². The predicted molar refractivity (Wildman–Crippen MR) is 115 cm³/mol. The van der Waals surface area contributed by atoms with Crippen molar-refractivity contribution in [3.8, 4) is 11.1 Å². The highest BCUT2D eigenvalue weighted by Crippen LogP contribution is 2.44. The third-order valence-corrected chi connectivity index (χ3v) is 6.52. The second-order valence-corrected chi connectivity index (χ2v) is 8.44. The fraction of sp³-hybridized carbons (Fsp3) is 0.440. The van der Waals surface area contributed by atoms with Crippen molar-refractivity contribution < 1.29 is 19.4 Å². The van der Waals surface area contributed by atoms with Crippen LogP contribution in [0.3, 0.4) is 0 Å². The van der Waals surface area contributed by atoms with Gasteiger partial charge in [0.2, 0.25) is 0 Å². The molecule has 30 heavy (non-hydrogen) atoms. The summed E-state index contributed by atoms with van der Waals surface area (Å²) >= 11 is 0. The average Bonchev–Trinajstić information content (AvgIpc) is 3.09. The molecule has 2 aliphatic carbocycles. The van der Waals surface area contributed by atoms with Gasteiger partial charge in [-0.2, -0.15) is 0 Å². The maximum Gasteiger partial charge on any atom is 0.407 e. The molecular formula is C25H29NO4. The number of hydrogen-bond donors (Lipinski definition) is 2. The van der Waals surface area contributed by atoms with Gasteiger partial charge in [-0.25, -0.2) is 9.59 Å². The number of hydrogen-bond acceptors (Lipinski definition) is 3. The Morgan fingerprint density at radius 1 is 0.967 bits per heavy atom. The van der Waals surface area contributed by atoms with Gasteiger partial charge in [0.15, 0.2) is 0 Å². The van der Waals surface area contributed by atoms with E-state index in [1.807, 2.05) is 24.3 Å². The molecule has 5 heteroatoms. The monoisotopic (exact) mass is 407 g/mol. The molecule has 2 aromatic carbocycles. The molecule has 2 aromatic rings. The second-order valence-electron chi connectivity index (χ2n) is 8.44. The van der Waals surface area contributed by atoms with Gasteiger partial charge in [0.1, 0.15) is 12.6 Å². The first-order valence-electron chi connectivity index (χ1n) is 11.0. The first-order valence-corrected chi connectivity index (χ1v) is 11.0. The summed E-state index contributed by atoms with van der Waals surface area (Å²) in [6.07, 6.45) is 6.67. The van der Waals surface area contributed by atoms with Crippen LogP contribution in [0.5, 0.6) is 0 Å². The summed E-state index contributed by atoms with van der Waals surface area (Å²) in [4.78, 5) is 24.0. The van der Waals surface area contributed by atoms with Crippen LogP contribution in [0.1, 0.15) is 62.0 Å². The smallest absolute Gasteiger partial charge is 0.407 e. The number of benzene rings is 2. The summed E-state index contributed by atoms with van der Waals surface area (Å²) in [6, 6.07) is 15.4. The van der Waals surface area contributed by atoms with Crippen molar-refractivity contribution in [2.45, 2.75) is 56.9 Å². The quantitative estimate of drug-likeness (QED) is 0.650. The number of carbonyl (C=O) groups is 2. The van der Waals surface area contributed by atoms with Crippen LogP contribution in [0.2, 0.25) is 0 Å². The van der Waals surface area contributed by atoms with Gasteiger partial charge >= 0.3 is 12.1 Å². The van der Waals surface area contributed by atoms with Crippen LogP contribution in [0.15, 0.2) is 48.5 Å². The molecule has 5 nitrogen and oxygen atoms in total. The molecule has 0 aliphatic heterocycles. The summed E-state index contributed by atoms with van der Waals surface area (Å²) in [5.74, 6) is -0.460. The zero-order chi connectivity index (χ0) is 20.9. The first-order chi connectivity index (χ1) is 14.6. The Kier molecular flexibility index (Phi) is 6.36. The molecule has 4 rings (SSSR count). The molecule has 0 heterocycles. The lowest BCUT2D eigenvalue weighted by atomic mass is 9.85. The van der Waals surface area contributed by atoms with Gasteiger partial charge in [-0.1, -0.05) is 80.6 Å². The first kappa shape index (κ1) is 20.5. The van der Waals surface area contributed by atoms with Crippen molar-refractivity contribution in [2.75, 3.05) is 6.61 Å². The summed E-state index contributed by atoms with van der Waals surface area (Å²) in [6.45, 7) is 0.189. The van der Waals surface area contributed by atoms with Crippen molar-refractivity contribution in [2.24, 2.45) is 5.92 Å². The van der Waals surface area contributed by atoms with Gasteiger partial charge in [0.05, 0.1) is 0 Å². The fourth-order valence-corrected chi connectivity index (χ4v) is 4.92. The molecule has 0 saturated heterocycles. The van der Waals surface area contributed by atoms with E-state index in [4.69, 9.17) is 4.74 Å². The van der Waals surface area contributed by atoms with Crippen molar-refractivity contribution in [3.63, 3.8) is 0 Å². The number of carbonyl (C=O) groups excluding carboxylic acids is 1. The average molecular weight is 408 g/mol. The normalized spacial score (nSPS) is 17.1. The Morgan fingerprint density at radius 2 is 1.57 bits per heavy atom. The van der Waals surface area contributed by atoms with Gasteiger partial charge in [0.25, 0.3) is 0 Å². The summed E-state index contributed by atoms with van der Waals surface area (Å²) in [5.41, 5.74) is 4.60. The van der Waals surface area contributed by atoms with Gasteiger partial charge in [-0.05, 0) is 41.0 Å². The van der Waals surface area contributed by atoms with Crippen LogP contribution >= 0.6 is 0 Å². The lowest BCUT2D eigenvalue weighted by Gasteiger charge is -2.23. The van der Waals surface area contributed by atoms with Crippen LogP contribution in [0, 0.1) is 5.92 Å². The lowest BCUT2D eigenvalue weighted by Crippen LogP contribution is -2.41. The second kappa shape index (κ2) is 9.33. The molecule has 1 saturated carbocycles. The molecule has 2 aliphatic rings. The number of rotatable bonds is 7. The summed E-state index contributed by atoms with van der Waals surface area (Å²) in [5, 5.41) is 12.1. The standard InChI is InChI=1S/C25H29NO4/c27-24(28)23(15-14-17-8-2-1-3-9-17)26-25(29)30-16-22-20-12-6-4-10-18(20)19-11-5-7-13-21(19)22/h4-7,10-13,17,22-23H,1-3,8-9,14-16H2,(H,26,29)(H,27,28). The van der Waals surface area contributed by atoms with E-state index in [1.165, 1.54) is 19.3 Å². The van der Waals surface area contributed by atoms with E-state index in [0.717, 1.165) is 41.5 Å². The maximum absolute atomic E-state index is 12.4. The van der Waals surface area contributed by atoms with Crippen molar-refractivity contribution in [3.05, 3.63) is 59.7 Å². The van der Waals surface area contributed by atoms with Gasteiger partial charge < -0.3 is 15.2 Å². The Bertz CT molecular complexity index is 858. The number of nitrogens with one attached hydrogen (secondary N) is 1. The van der Waals surface area contributed by atoms with E-state index in [9.17, 15) is 14.7 Å². The Morgan fingerprint density at radius 3 is 2.17 bits per heavy atom. The molecule has 0 spiro atoms. The molecular weight excluding hydrogens is 378 g/mol. The molecule has 0 radical (unpaired) electrons. The van der Waals surface area contributed by atoms with Crippen LogP contribution < -0.4 is 5.32 Å². The number of alkyl carbamates (subject to hydrolysis) is 1. The Hall–Kier alpha value is -2.82. The van der Waals surface area contributed by atoms with E-state index >= 15 is 0 Å². The summed E-state index contributed by atoms with van der Waals surface area (Å²) in [7, 11) is 0. The molecule has 1 amide bonds.